The molecule has 1 aliphatic heterocycles. The molecule has 0 unspecified atom stereocenters. The third-order valence-corrected chi connectivity index (χ3v) is 4.09. The molecule has 0 aliphatic carbocycles. The second-order valence-electron chi connectivity index (χ2n) is 4.48. The molecule has 19 heavy (non-hydrogen) atoms. The highest BCUT2D eigenvalue weighted by atomic mass is 35.5. The van der Waals surface area contributed by atoms with E-state index in [0.29, 0.717) is 21.2 Å². The molecule has 0 spiro atoms. The summed E-state index contributed by atoms with van der Waals surface area (Å²) in [4.78, 5) is 12.5. The minimum Gasteiger partial charge on any atom is -0.384 e. The van der Waals surface area contributed by atoms with E-state index < -0.39 is 0 Å². The van der Waals surface area contributed by atoms with E-state index in [1.807, 2.05) is 18.2 Å². The number of rotatable bonds is 2. The number of hydrogen-bond acceptors (Lipinski definition) is 2. The Kier molecular flexibility index (Phi) is 3.21. The molecule has 0 saturated heterocycles. The Bertz CT molecular complexity index is 667. The van der Waals surface area contributed by atoms with Gasteiger partial charge in [-0.2, -0.15) is 0 Å². The number of hydrogen-bond donors (Lipinski definition) is 1. The number of fused-ring (bicyclic) bond motifs is 1. The maximum absolute atomic E-state index is 12.5. The molecule has 0 radical (unpaired) electrons. The Morgan fingerprint density at radius 2 is 2.00 bits per heavy atom. The van der Waals surface area contributed by atoms with Crippen LogP contribution >= 0.6 is 23.2 Å². The van der Waals surface area contributed by atoms with Crippen molar-refractivity contribution in [3.63, 3.8) is 0 Å². The molecule has 3 rings (SSSR count). The Morgan fingerprint density at radius 1 is 1.16 bits per heavy atom. The summed E-state index contributed by atoms with van der Waals surface area (Å²) in [6.07, 6.45) is 0.944. The van der Waals surface area contributed by atoms with Crippen molar-refractivity contribution in [3.8, 4) is 0 Å². The molecular formula is C15H11Cl2NO. The Morgan fingerprint density at radius 3 is 2.84 bits per heavy atom. The molecule has 0 bridgehead atoms. The van der Waals surface area contributed by atoms with E-state index >= 15 is 0 Å². The van der Waals surface area contributed by atoms with Crippen molar-refractivity contribution in [3.05, 3.63) is 63.1 Å². The Labute approximate surface area is 121 Å². The van der Waals surface area contributed by atoms with Crippen molar-refractivity contribution < 1.29 is 4.79 Å². The summed E-state index contributed by atoms with van der Waals surface area (Å²) in [5.41, 5.74) is 3.37. The van der Waals surface area contributed by atoms with E-state index in [1.165, 1.54) is 5.56 Å². The monoisotopic (exact) mass is 291 g/mol. The van der Waals surface area contributed by atoms with Crippen LogP contribution in [0.5, 0.6) is 0 Å². The van der Waals surface area contributed by atoms with Crippen molar-refractivity contribution >= 4 is 34.7 Å². The Hall–Kier alpha value is -1.51. The fourth-order valence-corrected chi connectivity index (χ4v) is 2.67. The minimum atomic E-state index is -0.0952. The lowest BCUT2D eigenvalue weighted by molar-refractivity contribution is 0.103. The van der Waals surface area contributed by atoms with Crippen LogP contribution in [0.4, 0.5) is 5.69 Å². The highest BCUT2D eigenvalue weighted by molar-refractivity contribution is 6.44. The third kappa shape index (κ3) is 2.22. The molecule has 0 fully saturated rings. The molecule has 1 N–H and O–H groups in total. The summed E-state index contributed by atoms with van der Waals surface area (Å²) in [5.74, 6) is -0.0952. The van der Waals surface area contributed by atoms with E-state index in [-0.39, 0.29) is 5.78 Å². The molecule has 96 valence electrons. The zero-order valence-electron chi connectivity index (χ0n) is 10.0. The number of benzene rings is 2. The van der Waals surface area contributed by atoms with Gasteiger partial charge < -0.3 is 5.32 Å². The van der Waals surface area contributed by atoms with Gasteiger partial charge in [0.15, 0.2) is 5.78 Å². The first kappa shape index (κ1) is 12.5. The van der Waals surface area contributed by atoms with Crippen LogP contribution in [0.15, 0.2) is 36.4 Å². The summed E-state index contributed by atoms with van der Waals surface area (Å²) in [6, 6.07) is 10.8. The predicted molar refractivity (Wildman–Crippen MR) is 78.5 cm³/mol. The van der Waals surface area contributed by atoms with Gasteiger partial charge in [-0.3, -0.25) is 4.79 Å². The number of nitrogens with one attached hydrogen (secondary N) is 1. The molecule has 2 nitrogen and oxygen atoms in total. The summed E-state index contributed by atoms with van der Waals surface area (Å²) in [5, 5.41) is 3.98. The SMILES string of the molecule is O=C(c1ccc2c(c1)CCN2)c1cccc(Cl)c1Cl. The van der Waals surface area contributed by atoms with Crippen LogP contribution in [-0.4, -0.2) is 12.3 Å². The van der Waals surface area contributed by atoms with Crippen molar-refractivity contribution in [1.29, 1.82) is 0 Å². The fraction of sp³-hybridized carbons (Fsp3) is 0.133. The number of ketones is 1. The van der Waals surface area contributed by atoms with E-state index in [2.05, 4.69) is 5.32 Å². The maximum atomic E-state index is 12.5. The van der Waals surface area contributed by atoms with Gasteiger partial charge in [-0.05, 0) is 42.3 Å². The molecule has 4 heteroatoms. The van der Waals surface area contributed by atoms with E-state index in [4.69, 9.17) is 23.2 Å². The standard InChI is InChI=1S/C15H11Cl2NO/c16-12-3-1-2-11(14(12)17)15(19)10-4-5-13-9(8-10)6-7-18-13/h1-5,8,18H,6-7H2. The van der Waals surface area contributed by atoms with Crippen LogP contribution in [0.25, 0.3) is 0 Å². The molecular weight excluding hydrogens is 281 g/mol. The lowest BCUT2D eigenvalue weighted by Crippen LogP contribution is -2.03. The molecule has 0 aromatic heterocycles. The smallest absolute Gasteiger partial charge is 0.194 e. The van der Waals surface area contributed by atoms with E-state index in [1.54, 1.807) is 18.2 Å². The van der Waals surface area contributed by atoms with Crippen molar-refractivity contribution in [2.24, 2.45) is 0 Å². The number of carbonyl (C=O) groups is 1. The first-order valence-electron chi connectivity index (χ1n) is 6.02. The van der Waals surface area contributed by atoms with E-state index in [9.17, 15) is 4.79 Å². The van der Waals surface area contributed by atoms with Crippen molar-refractivity contribution in [2.45, 2.75) is 6.42 Å². The van der Waals surface area contributed by atoms with Gasteiger partial charge in [-0.15, -0.1) is 0 Å². The maximum Gasteiger partial charge on any atom is 0.194 e. The van der Waals surface area contributed by atoms with Crippen LogP contribution in [0.1, 0.15) is 21.5 Å². The van der Waals surface area contributed by atoms with Gasteiger partial charge in [0, 0.05) is 23.4 Å². The van der Waals surface area contributed by atoms with Crippen LogP contribution in [0, 0.1) is 0 Å². The number of anilines is 1. The quantitative estimate of drug-likeness (QED) is 0.841. The predicted octanol–water partition coefficient (Wildman–Crippen LogP) is 4.19. The van der Waals surface area contributed by atoms with Gasteiger partial charge in [0.1, 0.15) is 0 Å². The summed E-state index contributed by atoms with van der Waals surface area (Å²) >= 11 is 12.0. The van der Waals surface area contributed by atoms with Gasteiger partial charge in [0.25, 0.3) is 0 Å². The zero-order valence-corrected chi connectivity index (χ0v) is 11.6. The topological polar surface area (TPSA) is 29.1 Å². The minimum absolute atomic E-state index is 0.0952. The summed E-state index contributed by atoms with van der Waals surface area (Å²) < 4.78 is 0. The van der Waals surface area contributed by atoms with Gasteiger partial charge in [0.05, 0.1) is 10.0 Å². The van der Waals surface area contributed by atoms with Crippen molar-refractivity contribution in [2.75, 3.05) is 11.9 Å². The van der Waals surface area contributed by atoms with Crippen LogP contribution in [-0.2, 0) is 6.42 Å². The first-order chi connectivity index (χ1) is 9.16. The van der Waals surface area contributed by atoms with Gasteiger partial charge in [0.2, 0.25) is 0 Å². The zero-order chi connectivity index (χ0) is 13.4. The average Bonchev–Trinajstić information content (AvgIpc) is 2.88. The molecule has 0 atom stereocenters. The van der Waals surface area contributed by atoms with Gasteiger partial charge in [-0.25, -0.2) is 0 Å². The summed E-state index contributed by atoms with van der Waals surface area (Å²) in [6.45, 7) is 0.922. The van der Waals surface area contributed by atoms with Crippen LogP contribution in [0.3, 0.4) is 0 Å². The van der Waals surface area contributed by atoms with Gasteiger partial charge in [-0.1, -0.05) is 29.3 Å². The lowest BCUT2D eigenvalue weighted by Gasteiger charge is -2.07. The lowest BCUT2D eigenvalue weighted by atomic mass is 10.0. The molecule has 1 aliphatic rings. The summed E-state index contributed by atoms with van der Waals surface area (Å²) in [7, 11) is 0. The number of halogens is 2. The molecule has 0 saturated carbocycles. The second kappa shape index (κ2) is 4.87. The van der Waals surface area contributed by atoms with E-state index in [0.717, 1.165) is 18.7 Å². The largest absolute Gasteiger partial charge is 0.384 e. The van der Waals surface area contributed by atoms with Crippen LogP contribution < -0.4 is 5.32 Å². The molecule has 0 amide bonds. The molecule has 2 aromatic carbocycles. The molecule has 2 aromatic rings. The first-order valence-corrected chi connectivity index (χ1v) is 6.78. The van der Waals surface area contributed by atoms with Crippen molar-refractivity contribution in [1.82, 2.24) is 0 Å². The fourth-order valence-electron chi connectivity index (χ4n) is 2.28. The number of carbonyl (C=O) groups excluding carboxylic acids is 1. The highest BCUT2D eigenvalue weighted by Gasteiger charge is 2.17. The van der Waals surface area contributed by atoms with Crippen LogP contribution in [0.2, 0.25) is 10.0 Å². The average molecular weight is 292 g/mol. The highest BCUT2D eigenvalue weighted by Crippen LogP contribution is 2.29. The second-order valence-corrected chi connectivity index (χ2v) is 5.26. The third-order valence-electron chi connectivity index (χ3n) is 3.27. The normalized spacial score (nSPS) is 12.9. The van der Waals surface area contributed by atoms with Gasteiger partial charge >= 0.3 is 0 Å². The molecule has 1 heterocycles. The Balaban J connectivity index is 2.02.